The Morgan fingerprint density at radius 2 is 1.60 bits per heavy atom. The van der Waals surface area contributed by atoms with Crippen LogP contribution in [-0.2, 0) is 9.59 Å². The normalized spacial score (nSPS) is 14.2. The lowest BCUT2D eigenvalue weighted by Crippen LogP contribution is -2.32. The van der Waals surface area contributed by atoms with Crippen LogP contribution in [-0.4, -0.2) is 17.8 Å². The Morgan fingerprint density at radius 3 is 2.16 bits per heavy atom. The van der Waals surface area contributed by atoms with Crippen LogP contribution in [0, 0.1) is 0 Å². The van der Waals surface area contributed by atoms with Crippen molar-refractivity contribution in [2.75, 3.05) is 10.2 Å². The Labute approximate surface area is 155 Å². The van der Waals surface area contributed by atoms with Gasteiger partial charge in [0.1, 0.15) is 10.7 Å². The fourth-order valence-electron chi connectivity index (χ4n) is 2.27. The van der Waals surface area contributed by atoms with E-state index in [0.717, 1.165) is 9.37 Å². The van der Waals surface area contributed by atoms with Gasteiger partial charge in [-0.25, -0.2) is 4.90 Å². The molecule has 0 atom stereocenters. The van der Waals surface area contributed by atoms with E-state index in [1.165, 1.54) is 24.3 Å². The van der Waals surface area contributed by atoms with E-state index < -0.39 is 17.8 Å². The average molecular weight is 421 g/mol. The minimum absolute atomic E-state index is 0.00376. The third-order valence-corrected chi connectivity index (χ3v) is 4.38. The predicted molar refractivity (Wildman–Crippen MR) is 93.9 cm³/mol. The van der Waals surface area contributed by atoms with Crippen molar-refractivity contribution in [1.82, 2.24) is 0 Å². The van der Waals surface area contributed by atoms with Crippen LogP contribution < -0.4 is 15.3 Å². The Balaban J connectivity index is 1.86. The number of halogens is 2. The van der Waals surface area contributed by atoms with Gasteiger partial charge in [0.2, 0.25) is 0 Å². The van der Waals surface area contributed by atoms with E-state index in [-0.39, 0.29) is 16.3 Å². The molecule has 1 N–H and O–H groups in total. The fraction of sp³-hybridized carbons (Fsp3) is 0. The number of carbonyl (C=O) groups excluding carboxylic acids is 3. The summed E-state index contributed by atoms with van der Waals surface area (Å²) in [5.41, 5.74) is 0.726. The molecule has 0 bridgehead atoms. The summed E-state index contributed by atoms with van der Waals surface area (Å²) in [5, 5.41) is 13.3. The van der Waals surface area contributed by atoms with Crippen LogP contribution >= 0.6 is 27.5 Å². The van der Waals surface area contributed by atoms with Gasteiger partial charge in [-0.05, 0) is 42.0 Å². The second kappa shape index (κ2) is 6.70. The third-order valence-electron chi connectivity index (χ3n) is 3.50. The SMILES string of the molecule is O=C([O-])c1ccc(NC2=C(Cl)C(=O)N(c3ccc(Br)cc3)C2=O)cc1. The van der Waals surface area contributed by atoms with Crippen LogP contribution in [0.2, 0.25) is 0 Å². The van der Waals surface area contributed by atoms with Gasteiger partial charge in [0.15, 0.2) is 0 Å². The highest BCUT2D eigenvalue weighted by molar-refractivity contribution is 9.10. The third kappa shape index (κ3) is 3.29. The first-order valence-electron chi connectivity index (χ1n) is 7.01. The molecular formula is C17H9BrClN2O4-. The number of hydrogen-bond donors (Lipinski definition) is 1. The van der Waals surface area contributed by atoms with Gasteiger partial charge < -0.3 is 15.2 Å². The second-order valence-corrected chi connectivity index (χ2v) is 6.39. The van der Waals surface area contributed by atoms with Crippen LogP contribution in [0.25, 0.3) is 0 Å². The van der Waals surface area contributed by atoms with E-state index in [1.807, 2.05) is 0 Å². The van der Waals surface area contributed by atoms with E-state index in [2.05, 4.69) is 21.2 Å². The largest absolute Gasteiger partial charge is 0.545 e. The van der Waals surface area contributed by atoms with Crippen molar-refractivity contribution in [2.24, 2.45) is 0 Å². The number of benzene rings is 2. The highest BCUT2D eigenvalue weighted by Crippen LogP contribution is 2.30. The van der Waals surface area contributed by atoms with Crippen LogP contribution in [0.5, 0.6) is 0 Å². The monoisotopic (exact) mass is 419 g/mol. The number of nitrogens with one attached hydrogen (secondary N) is 1. The number of rotatable bonds is 4. The maximum atomic E-state index is 12.6. The Morgan fingerprint density at radius 1 is 1.00 bits per heavy atom. The maximum Gasteiger partial charge on any atom is 0.283 e. The zero-order valence-corrected chi connectivity index (χ0v) is 14.8. The number of imide groups is 1. The lowest BCUT2D eigenvalue weighted by Gasteiger charge is -2.15. The lowest BCUT2D eigenvalue weighted by molar-refractivity contribution is -0.255. The molecule has 1 heterocycles. The molecule has 0 spiro atoms. The topological polar surface area (TPSA) is 89.5 Å². The predicted octanol–water partition coefficient (Wildman–Crippen LogP) is 2.25. The lowest BCUT2D eigenvalue weighted by atomic mass is 10.2. The van der Waals surface area contributed by atoms with Crippen LogP contribution in [0.15, 0.2) is 63.7 Å². The maximum absolute atomic E-state index is 12.6. The standard InChI is InChI=1S/C17H10BrClN2O4/c18-10-3-7-12(8-4-10)21-15(22)13(19)14(16(21)23)20-11-5-1-9(2-6-11)17(24)25/h1-8,20H,(H,24,25)/p-1. The zero-order chi connectivity index (χ0) is 18.1. The van der Waals surface area contributed by atoms with Gasteiger partial charge in [-0.1, -0.05) is 39.7 Å². The van der Waals surface area contributed by atoms with E-state index in [0.29, 0.717) is 11.4 Å². The molecule has 126 valence electrons. The van der Waals surface area contributed by atoms with Gasteiger partial charge in [-0.2, -0.15) is 0 Å². The summed E-state index contributed by atoms with van der Waals surface area (Å²) >= 11 is 9.31. The number of aromatic carboxylic acids is 1. The molecule has 0 aromatic heterocycles. The van der Waals surface area contributed by atoms with Crippen molar-refractivity contribution < 1.29 is 19.5 Å². The van der Waals surface area contributed by atoms with Gasteiger partial charge in [-0.3, -0.25) is 9.59 Å². The fourth-order valence-corrected chi connectivity index (χ4v) is 2.75. The van der Waals surface area contributed by atoms with Crippen molar-refractivity contribution in [3.63, 3.8) is 0 Å². The average Bonchev–Trinajstić information content (AvgIpc) is 2.80. The Kier molecular flexibility index (Phi) is 4.61. The molecule has 3 rings (SSSR count). The summed E-state index contributed by atoms with van der Waals surface area (Å²) in [6.45, 7) is 0. The van der Waals surface area contributed by atoms with E-state index in [9.17, 15) is 19.5 Å². The first-order chi connectivity index (χ1) is 11.9. The number of carboxylic acid groups (broad SMARTS) is 1. The molecule has 25 heavy (non-hydrogen) atoms. The molecule has 0 radical (unpaired) electrons. The molecular weight excluding hydrogens is 412 g/mol. The molecule has 0 fully saturated rings. The first-order valence-corrected chi connectivity index (χ1v) is 8.18. The Hall–Kier alpha value is -2.64. The summed E-state index contributed by atoms with van der Waals surface area (Å²) in [4.78, 5) is 36.6. The van der Waals surface area contributed by atoms with Gasteiger partial charge in [-0.15, -0.1) is 0 Å². The number of carboxylic acids is 1. The molecule has 1 aliphatic rings. The first kappa shape index (κ1) is 17.2. The molecule has 2 aromatic carbocycles. The minimum atomic E-state index is -1.31. The molecule has 6 nitrogen and oxygen atoms in total. The second-order valence-electron chi connectivity index (χ2n) is 5.10. The van der Waals surface area contributed by atoms with Crippen molar-refractivity contribution >= 4 is 56.7 Å². The summed E-state index contributed by atoms with van der Waals surface area (Å²) in [6, 6.07) is 12.2. The highest BCUT2D eigenvalue weighted by Gasteiger charge is 2.38. The van der Waals surface area contributed by atoms with Crippen molar-refractivity contribution in [3.8, 4) is 0 Å². The van der Waals surface area contributed by atoms with Crippen molar-refractivity contribution in [3.05, 3.63) is 69.3 Å². The molecule has 1 aliphatic heterocycles. The van der Waals surface area contributed by atoms with Gasteiger partial charge in [0.05, 0.1) is 11.7 Å². The Bertz CT molecular complexity index is 907. The number of anilines is 2. The molecule has 0 saturated heterocycles. The van der Waals surface area contributed by atoms with E-state index in [1.54, 1.807) is 24.3 Å². The molecule has 0 unspecified atom stereocenters. The summed E-state index contributed by atoms with van der Waals surface area (Å²) in [5.74, 6) is -2.54. The van der Waals surface area contributed by atoms with Gasteiger partial charge in [0, 0.05) is 10.2 Å². The quantitative estimate of drug-likeness (QED) is 0.766. The van der Waals surface area contributed by atoms with Gasteiger partial charge in [0.25, 0.3) is 11.8 Å². The van der Waals surface area contributed by atoms with Crippen molar-refractivity contribution in [2.45, 2.75) is 0 Å². The van der Waals surface area contributed by atoms with E-state index in [4.69, 9.17) is 11.6 Å². The molecule has 2 aromatic rings. The number of carbonyl (C=O) groups is 3. The molecule has 0 saturated carbocycles. The summed E-state index contributed by atoms with van der Waals surface area (Å²) in [6.07, 6.45) is 0. The molecule has 0 aliphatic carbocycles. The van der Waals surface area contributed by atoms with Crippen LogP contribution in [0.1, 0.15) is 10.4 Å². The number of amides is 2. The molecule has 2 amide bonds. The smallest absolute Gasteiger partial charge is 0.283 e. The molecule has 8 heteroatoms. The summed E-state index contributed by atoms with van der Waals surface area (Å²) in [7, 11) is 0. The van der Waals surface area contributed by atoms with E-state index >= 15 is 0 Å². The number of nitrogens with zero attached hydrogens (tertiary/aromatic N) is 1. The number of hydrogen-bond acceptors (Lipinski definition) is 5. The van der Waals surface area contributed by atoms with Gasteiger partial charge >= 0.3 is 0 Å². The zero-order valence-electron chi connectivity index (χ0n) is 12.5. The van der Waals surface area contributed by atoms with Crippen LogP contribution in [0.3, 0.4) is 0 Å². The van der Waals surface area contributed by atoms with Crippen molar-refractivity contribution in [1.29, 1.82) is 0 Å². The van der Waals surface area contributed by atoms with Crippen LogP contribution in [0.4, 0.5) is 11.4 Å². The summed E-state index contributed by atoms with van der Waals surface area (Å²) < 4.78 is 0.806. The highest BCUT2D eigenvalue weighted by atomic mass is 79.9. The minimum Gasteiger partial charge on any atom is -0.545 e.